The van der Waals surface area contributed by atoms with E-state index < -0.39 is 0 Å². The lowest BCUT2D eigenvalue weighted by atomic mass is 10.2. The molecule has 0 bridgehead atoms. The molecule has 19 heavy (non-hydrogen) atoms. The van der Waals surface area contributed by atoms with E-state index >= 15 is 0 Å². The normalized spacial score (nSPS) is 12.2. The fraction of sp³-hybridized carbons (Fsp3) is 0.375. The van der Waals surface area contributed by atoms with Gasteiger partial charge >= 0.3 is 0 Å². The van der Waals surface area contributed by atoms with E-state index in [9.17, 15) is 0 Å². The van der Waals surface area contributed by atoms with Gasteiger partial charge in [-0.2, -0.15) is 0 Å². The van der Waals surface area contributed by atoms with Crippen molar-refractivity contribution in [3.63, 3.8) is 0 Å². The molecule has 0 aliphatic heterocycles. The maximum atomic E-state index is 5.40. The second-order valence-corrected chi connectivity index (χ2v) is 5.93. The van der Waals surface area contributed by atoms with E-state index in [-0.39, 0.29) is 0 Å². The Balaban J connectivity index is 2.18. The molecule has 0 aliphatic rings. The molecule has 0 saturated heterocycles. The van der Waals surface area contributed by atoms with E-state index in [4.69, 9.17) is 4.74 Å². The Morgan fingerprint density at radius 1 is 1.26 bits per heavy atom. The van der Waals surface area contributed by atoms with E-state index in [0.29, 0.717) is 6.04 Å². The predicted octanol–water partition coefficient (Wildman–Crippen LogP) is 4.80. The first-order valence-corrected chi connectivity index (χ1v) is 7.45. The Hall–Kier alpha value is -1.48. The zero-order valence-electron chi connectivity index (χ0n) is 12.0. The summed E-state index contributed by atoms with van der Waals surface area (Å²) in [6.45, 7) is 6.47. The quantitative estimate of drug-likeness (QED) is 0.846. The molecule has 0 saturated carbocycles. The molecule has 2 nitrogen and oxygen atoms in total. The van der Waals surface area contributed by atoms with Gasteiger partial charge in [0, 0.05) is 9.75 Å². The number of hydrogen-bond donors (Lipinski definition) is 1. The largest absolute Gasteiger partial charge is 0.495 e. The lowest BCUT2D eigenvalue weighted by Crippen LogP contribution is -2.06. The average molecular weight is 275 g/mol. The summed E-state index contributed by atoms with van der Waals surface area (Å²) in [5.41, 5.74) is 2.29. The molecule has 0 amide bonds. The highest BCUT2D eigenvalue weighted by Crippen LogP contribution is 2.31. The third-order valence-corrected chi connectivity index (χ3v) is 4.60. The van der Waals surface area contributed by atoms with Gasteiger partial charge in [-0.15, -0.1) is 11.3 Å². The summed E-state index contributed by atoms with van der Waals surface area (Å²) in [5, 5.41) is 3.54. The molecule has 1 N–H and O–H groups in total. The van der Waals surface area contributed by atoms with Crippen LogP contribution >= 0.6 is 11.3 Å². The summed E-state index contributed by atoms with van der Waals surface area (Å²) in [6, 6.07) is 10.9. The van der Waals surface area contributed by atoms with Gasteiger partial charge in [-0.3, -0.25) is 0 Å². The number of benzene rings is 1. The van der Waals surface area contributed by atoms with Gasteiger partial charge in [0.15, 0.2) is 0 Å². The van der Waals surface area contributed by atoms with Gasteiger partial charge in [0.05, 0.1) is 18.8 Å². The van der Waals surface area contributed by atoms with Crippen LogP contribution in [-0.4, -0.2) is 7.11 Å². The van der Waals surface area contributed by atoms with E-state index in [1.807, 2.05) is 17.4 Å². The molecule has 1 atom stereocenters. The molecule has 1 aromatic carbocycles. The Morgan fingerprint density at radius 3 is 2.68 bits per heavy atom. The molecular formula is C16H21NOS. The predicted molar refractivity (Wildman–Crippen MR) is 83.5 cm³/mol. The molecule has 3 heteroatoms. The van der Waals surface area contributed by atoms with Crippen molar-refractivity contribution in [3.05, 3.63) is 45.6 Å². The van der Waals surface area contributed by atoms with Gasteiger partial charge in [0.1, 0.15) is 5.75 Å². The lowest BCUT2D eigenvalue weighted by molar-refractivity contribution is 0.416. The van der Waals surface area contributed by atoms with Crippen molar-refractivity contribution in [2.24, 2.45) is 0 Å². The van der Waals surface area contributed by atoms with Crippen LogP contribution in [0.1, 0.15) is 35.2 Å². The second-order valence-electron chi connectivity index (χ2n) is 4.73. The molecule has 1 unspecified atom stereocenters. The topological polar surface area (TPSA) is 21.3 Å². The van der Waals surface area contributed by atoms with E-state index in [1.54, 1.807) is 7.11 Å². The number of ether oxygens (including phenoxy) is 1. The van der Waals surface area contributed by atoms with Crippen molar-refractivity contribution < 1.29 is 4.74 Å². The van der Waals surface area contributed by atoms with Crippen LogP contribution in [0.2, 0.25) is 0 Å². The standard InChI is InChI=1S/C16H21NOS/c1-5-13-7-9-16(19-13)12(3)17-14-10-11(2)6-8-15(14)18-4/h6-10,12,17H,5H2,1-4H3. The minimum absolute atomic E-state index is 0.293. The average Bonchev–Trinajstić information content (AvgIpc) is 2.88. The fourth-order valence-electron chi connectivity index (χ4n) is 2.06. The number of nitrogens with one attached hydrogen (secondary N) is 1. The van der Waals surface area contributed by atoms with E-state index in [0.717, 1.165) is 17.9 Å². The Kier molecular flexibility index (Phi) is 4.48. The van der Waals surface area contributed by atoms with Crippen LogP contribution in [0, 0.1) is 6.92 Å². The number of rotatable bonds is 5. The van der Waals surface area contributed by atoms with Crippen molar-refractivity contribution >= 4 is 17.0 Å². The molecule has 0 fully saturated rings. The van der Waals surface area contributed by atoms with Crippen LogP contribution in [0.3, 0.4) is 0 Å². The second kappa shape index (κ2) is 6.11. The van der Waals surface area contributed by atoms with Gasteiger partial charge in [0.2, 0.25) is 0 Å². The molecule has 0 spiro atoms. The van der Waals surface area contributed by atoms with Crippen LogP contribution in [0.15, 0.2) is 30.3 Å². The molecule has 2 rings (SSSR count). The first-order valence-electron chi connectivity index (χ1n) is 6.63. The zero-order chi connectivity index (χ0) is 13.8. The highest BCUT2D eigenvalue weighted by atomic mass is 32.1. The van der Waals surface area contributed by atoms with Gasteiger partial charge in [-0.1, -0.05) is 13.0 Å². The summed E-state index contributed by atoms with van der Waals surface area (Å²) in [6.07, 6.45) is 1.10. The minimum atomic E-state index is 0.293. The van der Waals surface area contributed by atoms with Crippen LogP contribution in [0.25, 0.3) is 0 Å². The summed E-state index contributed by atoms with van der Waals surface area (Å²) >= 11 is 1.87. The number of hydrogen-bond acceptors (Lipinski definition) is 3. The van der Waals surface area contributed by atoms with Crippen molar-refractivity contribution in [2.75, 3.05) is 12.4 Å². The van der Waals surface area contributed by atoms with Gasteiger partial charge in [0.25, 0.3) is 0 Å². The summed E-state index contributed by atoms with van der Waals surface area (Å²) in [7, 11) is 1.71. The van der Waals surface area contributed by atoms with Gasteiger partial charge < -0.3 is 10.1 Å². The maximum absolute atomic E-state index is 5.40. The van der Waals surface area contributed by atoms with E-state index in [2.05, 4.69) is 50.4 Å². The molecule has 2 aromatic rings. The highest BCUT2D eigenvalue weighted by molar-refractivity contribution is 7.12. The first-order chi connectivity index (χ1) is 9.13. The molecule has 1 aromatic heterocycles. The first kappa shape index (κ1) is 13.9. The van der Waals surface area contributed by atoms with Crippen LogP contribution in [-0.2, 0) is 6.42 Å². The van der Waals surface area contributed by atoms with Crippen molar-refractivity contribution in [1.82, 2.24) is 0 Å². The SMILES string of the molecule is CCc1ccc(C(C)Nc2cc(C)ccc2OC)s1. The number of methoxy groups -OCH3 is 1. The Bertz CT molecular complexity index is 547. The molecule has 0 radical (unpaired) electrons. The van der Waals surface area contributed by atoms with Crippen LogP contribution < -0.4 is 10.1 Å². The van der Waals surface area contributed by atoms with Crippen LogP contribution in [0.4, 0.5) is 5.69 Å². The van der Waals surface area contributed by atoms with Crippen LogP contribution in [0.5, 0.6) is 5.75 Å². The number of thiophene rings is 1. The molecule has 102 valence electrons. The summed E-state index contributed by atoms with van der Waals surface area (Å²) in [5.74, 6) is 0.893. The smallest absolute Gasteiger partial charge is 0.141 e. The van der Waals surface area contributed by atoms with Crippen molar-refractivity contribution in [3.8, 4) is 5.75 Å². The molecule has 0 aliphatic carbocycles. The van der Waals surface area contributed by atoms with Crippen molar-refractivity contribution in [2.45, 2.75) is 33.2 Å². The highest BCUT2D eigenvalue weighted by Gasteiger charge is 2.11. The fourth-order valence-corrected chi connectivity index (χ4v) is 3.01. The molecular weight excluding hydrogens is 254 g/mol. The Labute approximate surface area is 119 Å². The summed E-state index contributed by atoms with van der Waals surface area (Å²) in [4.78, 5) is 2.79. The van der Waals surface area contributed by atoms with Gasteiger partial charge in [-0.25, -0.2) is 0 Å². The van der Waals surface area contributed by atoms with Gasteiger partial charge in [-0.05, 0) is 50.1 Å². The monoisotopic (exact) mass is 275 g/mol. The van der Waals surface area contributed by atoms with E-state index in [1.165, 1.54) is 15.3 Å². The third kappa shape index (κ3) is 3.29. The number of aryl methyl sites for hydroxylation is 2. The lowest BCUT2D eigenvalue weighted by Gasteiger charge is -2.17. The molecule has 1 heterocycles. The Morgan fingerprint density at radius 2 is 2.05 bits per heavy atom. The maximum Gasteiger partial charge on any atom is 0.141 e. The zero-order valence-corrected chi connectivity index (χ0v) is 12.8. The third-order valence-electron chi connectivity index (χ3n) is 3.18. The summed E-state index contributed by atoms with van der Waals surface area (Å²) < 4.78 is 5.40. The minimum Gasteiger partial charge on any atom is -0.495 e. The number of anilines is 1. The van der Waals surface area contributed by atoms with Crippen molar-refractivity contribution in [1.29, 1.82) is 0 Å².